The van der Waals surface area contributed by atoms with Crippen LogP contribution in [-0.4, -0.2) is 6.10 Å². The SMILES string of the molecule is C=CC=COC(C#N)C(=C)C=C. The molecule has 0 aliphatic carbocycles. The van der Waals surface area contributed by atoms with Crippen molar-refractivity contribution in [3.05, 3.63) is 49.8 Å². The van der Waals surface area contributed by atoms with Crippen molar-refractivity contribution in [3.63, 3.8) is 0 Å². The summed E-state index contributed by atoms with van der Waals surface area (Å²) in [6, 6.07) is 1.93. The third-order valence-corrected chi connectivity index (χ3v) is 1.15. The van der Waals surface area contributed by atoms with E-state index in [1.54, 1.807) is 12.2 Å². The lowest BCUT2D eigenvalue weighted by Crippen LogP contribution is -2.07. The summed E-state index contributed by atoms with van der Waals surface area (Å²) in [5, 5.41) is 8.58. The molecule has 0 bridgehead atoms. The van der Waals surface area contributed by atoms with Gasteiger partial charge in [-0.05, 0) is 11.6 Å². The monoisotopic (exact) mass is 161 g/mol. The van der Waals surface area contributed by atoms with Gasteiger partial charge < -0.3 is 4.74 Å². The van der Waals surface area contributed by atoms with Crippen molar-refractivity contribution >= 4 is 0 Å². The van der Waals surface area contributed by atoms with E-state index in [0.717, 1.165) is 0 Å². The summed E-state index contributed by atoms with van der Waals surface area (Å²) in [6.07, 6.45) is 5.40. The van der Waals surface area contributed by atoms with Gasteiger partial charge in [-0.15, -0.1) is 0 Å². The minimum Gasteiger partial charge on any atom is -0.478 e. The smallest absolute Gasteiger partial charge is 0.208 e. The minimum atomic E-state index is -0.654. The molecule has 1 unspecified atom stereocenters. The summed E-state index contributed by atoms with van der Waals surface area (Å²) >= 11 is 0. The molecular weight excluding hydrogens is 150 g/mol. The first-order valence-electron chi connectivity index (χ1n) is 3.40. The average molecular weight is 161 g/mol. The highest BCUT2D eigenvalue weighted by Gasteiger charge is 2.06. The lowest BCUT2D eigenvalue weighted by Gasteiger charge is -2.06. The molecule has 0 saturated heterocycles. The molecule has 0 aliphatic rings. The number of hydrogen-bond acceptors (Lipinski definition) is 2. The second-order valence-electron chi connectivity index (χ2n) is 1.99. The van der Waals surface area contributed by atoms with Gasteiger partial charge in [-0.3, -0.25) is 0 Å². The lowest BCUT2D eigenvalue weighted by atomic mass is 10.2. The summed E-state index contributed by atoms with van der Waals surface area (Å²) < 4.78 is 5.00. The van der Waals surface area contributed by atoms with Gasteiger partial charge in [0.15, 0.2) is 0 Å². The highest BCUT2D eigenvalue weighted by molar-refractivity contribution is 5.23. The molecule has 0 amide bonds. The van der Waals surface area contributed by atoms with Gasteiger partial charge in [0.05, 0.1) is 6.26 Å². The summed E-state index contributed by atoms with van der Waals surface area (Å²) in [5.74, 6) is 0. The van der Waals surface area contributed by atoms with Crippen LogP contribution in [0.1, 0.15) is 0 Å². The lowest BCUT2D eigenvalue weighted by molar-refractivity contribution is 0.227. The quantitative estimate of drug-likeness (QED) is 0.458. The van der Waals surface area contributed by atoms with Crippen LogP contribution in [0.3, 0.4) is 0 Å². The third-order valence-electron chi connectivity index (χ3n) is 1.15. The van der Waals surface area contributed by atoms with Crippen LogP contribution in [0.4, 0.5) is 0 Å². The number of nitriles is 1. The van der Waals surface area contributed by atoms with Gasteiger partial charge in [-0.2, -0.15) is 5.26 Å². The Morgan fingerprint density at radius 2 is 2.17 bits per heavy atom. The van der Waals surface area contributed by atoms with Crippen LogP contribution < -0.4 is 0 Å². The molecule has 0 fully saturated rings. The maximum atomic E-state index is 8.58. The first-order valence-corrected chi connectivity index (χ1v) is 3.40. The van der Waals surface area contributed by atoms with Crippen molar-refractivity contribution in [1.29, 1.82) is 5.26 Å². The Labute approximate surface area is 72.8 Å². The normalized spacial score (nSPS) is 11.6. The molecule has 0 aromatic rings. The van der Waals surface area contributed by atoms with Crippen molar-refractivity contribution in [2.24, 2.45) is 0 Å². The Kier molecular flexibility index (Phi) is 5.12. The van der Waals surface area contributed by atoms with E-state index in [1.165, 1.54) is 12.3 Å². The van der Waals surface area contributed by atoms with Crippen LogP contribution in [0.5, 0.6) is 0 Å². The zero-order chi connectivity index (χ0) is 9.40. The first kappa shape index (κ1) is 10.2. The van der Waals surface area contributed by atoms with Gasteiger partial charge in [0.25, 0.3) is 0 Å². The van der Waals surface area contributed by atoms with E-state index in [9.17, 15) is 0 Å². The largest absolute Gasteiger partial charge is 0.478 e. The molecule has 0 radical (unpaired) electrons. The van der Waals surface area contributed by atoms with E-state index < -0.39 is 6.10 Å². The zero-order valence-corrected chi connectivity index (χ0v) is 6.86. The van der Waals surface area contributed by atoms with Crippen molar-refractivity contribution in [3.8, 4) is 6.07 Å². The second-order valence-corrected chi connectivity index (χ2v) is 1.99. The Balaban J connectivity index is 4.11. The maximum Gasteiger partial charge on any atom is 0.208 e. The molecule has 2 nitrogen and oxygen atoms in total. The average Bonchev–Trinajstić information content (AvgIpc) is 2.11. The minimum absolute atomic E-state index is 0.547. The number of rotatable bonds is 5. The predicted octanol–water partition coefficient (Wildman–Crippen LogP) is 2.34. The Morgan fingerprint density at radius 3 is 2.58 bits per heavy atom. The van der Waals surface area contributed by atoms with Gasteiger partial charge in [0, 0.05) is 0 Å². The van der Waals surface area contributed by atoms with Crippen LogP contribution in [0.2, 0.25) is 0 Å². The molecule has 0 saturated carbocycles. The van der Waals surface area contributed by atoms with E-state index in [0.29, 0.717) is 5.57 Å². The van der Waals surface area contributed by atoms with E-state index in [-0.39, 0.29) is 0 Å². The topological polar surface area (TPSA) is 33.0 Å². The van der Waals surface area contributed by atoms with Gasteiger partial charge in [-0.25, -0.2) is 0 Å². The standard InChI is InChI=1S/C10H11NO/c1-4-6-7-12-10(8-11)9(3)5-2/h4-7,10H,1-3H2. The molecule has 0 aliphatic heterocycles. The molecule has 0 aromatic heterocycles. The van der Waals surface area contributed by atoms with Crippen LogP contribution in [0, 0.1) is 11.3 Å². The van der Waals surface area contributed by atoms with E-state index in [1.807, 2.05) is 6.07 Å². The second kappa shape index (κ2) is 5.99. The molecule has 2 heteroatoms. The zero-order valence-electron chi connectivity index (χ0n) is 6.86. The first-order chi connectivity index (χ1) is 5.76. The van der Waals surface area contributed by atoms with Crippen molar-refractivity contribution in [2.75, 3.05) is 0 Å². The predicted molar refractivity (Wildman–Crippen MR) is 49.2 cm³/mol. The van der Waals surface area contributed by atoms with Crippen LogP contribution in [-0.2, 0) is 4.74 Å². The van der Waals surface area contributed by atoms with Gasteiger partial charge in [-0.1, -0.05) is 31.9 Å². The Hall–Kier alpha value is -1.75. The fourth-order valence-electron chi connectivity index (χ4n) is 0.487. The van der Waals surface area contributed by atoms with Gasteiger partial charge >= 0.3 is 0 Å². The van der Waals surface area contributed by atoms with Gasteiger partial charge in [0.2, 0.25) is 6.10 Å². The summed E-state index contributed by atoms with van der Waals surface area (Å²) in [5.41, 5.74) is 0.547. The molecule has 0 spiro atoms. The van der Waals surface area contributed by atoms with Crippen LogP contribution in [0.25, 0.3) is 0 Å². The fraction of sp³-hybridized carbons (Fsp3) is 0.100. The molecule has 0 rings (SSSR count). The molecular formula is C10H11NO. The fourth-order valence-corrected chi connectivity index (χ4v) is 0.487. The van der Waals surface area contributed by atoms with Crippen molar-refractivity contribution in [2.45, 2.75) is 6.10 Å². The molecule has 0 aromatic carbocycles. The Morgan fingerprint density at radius 1 is 1.50 bits per heavy atom. The van der Waals surface area contributed by atoms with E-state index >= 15 is 0 Å². The van der Waals surface area contributed by atoms with Crippen molar-refractivity contribution in [1.82, 2.24) is 0 Å². The summed E-state index contributed by atoms with van der Waals surface area (Å²) in [6.45, 7) is 10.5. The van der Waals surface area contributed by atoms with Crippen LogP contribution in [0.15, 0.2) is 49.8 Å². The number of ether oxygens (including phenoxy) is 1. The third kappa shape index (κ3) is 3.43. The van der Waals surface area contributed by atoms with Crippen LogP contribution >= 0.6 is 0 Å². The molecule has 0 N–H and O–H groups in total. The van der Waals surface area contributed by atoms with E-state index in [2.05, 4.69) is 19.7 Å². The summed E-state index contributed by atoms with van der Waals surface area (Å²) in [7, 11) is 0. The highest BCUT2D eigenvalue weighted by Crippen LogP contribution is 2.04. The van der Waals surface area contributed by atoms with Gasteiger partial charge in [0.1, 0.15) is 6.07 Å². The maximum absolute atomic E-state index is 8.58. The number of hydrogen-bond donors (Lipinski definition) is 0. The molecule has 0 heterocycles. The summed E-state index contributed by atoms with van der Waals surface area (Å²) in [4.78, 5) is 0. The number of nitrogens with zero attached hydrogens (tertiary/aromatic N) is 1. The molecule has 12 heavy (non-hydrogen) atoms. The number of allylic oxidation sites excluding steroid dienone is 2. The highest BCUT2D eigenvalue weighted by atomic mass is 16.5. The van der Waals surface area contributed by atoms with Crippen molar-refractivity contribution < 1.29 is 4.74 Å². The molecule has 1 atom stereocenters. The van der Waals surface area contributed by atoms with E-state index in [4.69, 9.17) is 10.00 Å². The Bertz CT molecular complexity index is 245. The molecule has 62 valence electrons.